The van der Waals surface area contributed by atoms with Crippen molar-refractivity contribution in [2.75, 3.05) is 11.9 Å². The number of carboxylic acids is 1. The van der Waals surface area contributed by atoms with Gasteiger partial charge in [-0.1, -0.05) is 0 Å². The number of nitrogens with zero attached hydrogens (tertiary/aromatic N) is 4. The Kier molecular flexibility index (Phi) is 4.12. The first-order chi connectivity index (χ1) is 9.99. The highest BCUT2D eigenvalue weighted by Gasteiger charge is 2.19. The van der Waals surface area contributed by atoms with E-state index < -0.39 is 16.6 Å². The molecule has 0 atom stereocenters. The van der Waals surface area contributed by atoms with Gasteiger partial charge in [0.05, 0.1) is 4.92 Å². The fraction of sp³-hybridized carbons (Fsp3) is 0.250. The van der Waals surface area contributed by atoms with Crippen molar-refractivity contribution < 1.29 is 14.8 Å². The van der Waals surface area contributed by atoms with Crippen molar-refractivity contribution in [2.45, 2.75) is 6.42 Å². The summed E-state index contributed by atoms with van der Waals surface area (Å²) in [6.07, 6.45) is 2.18. The standard InChI is InChI=1S/C12H13N5O4/c1-16-7-14-15-11(16)4-5-13-8-2-3-10(17(20)21)9(6-8)12(18)19/h2-3,6-7,13H,4-5H2,1H3,(H,18,19). The van der Waals surface area contributed by atoms with Gasteiger partial charge >= 0.3 is 5.97 Å². The molecule has 2 N–H and O–H groups in total. The van der Waals surface area contributed by atoms with E-state index in [0.29, 0.717) is 18.7 Å². The minimum Gasteiger partial charge on any atom is -0.477 e. The lowest BCUT2D eigenvalue weighted by molar-refractivity contribution is -0.385. The highest BCUT2D eigenvalue weighted by atomic mass is 16.6. The molecule has 0 saturated carbocycles. The van der Waals surface area contributed by atoms with Crippen LogP contribution >= 0.6 is 0 Å². The van der Waals surface area contributed by atoms with Gasteiger partial charge in [0.25, 0.3) is 5.69 Å². The summed E-state index contributed by atoms with van der Waals surface area (Å²) in [5, 5.41) is 30.4. The summed E-state index contributed by atoms with van der Waals surface area (Å²) in [6.45, 7) is 0.503. The van der Waals surface area contributed by atoms with Crippen molar-refractivity contribution in [1.29, 1.82) is 0 Å². The smallest absolute Gasteiger partial charge is 0.342 e. The Balaban J connectivity index is 2.07. The maximum Gasteiger partial charge on any atom is 0.342 e. The number of benzene rings is 1. The normalized spacial score (nSPS) is 10.3. The topological polar surface area (TPSA) is 123 Å². The Bertz CT molecular complexity index is 682. The minimum absolute atomic E-state index is 0.344. The average molecular weight is 291 g/mol. The van der Waals surface area contributed by atoms with Crippen molar-refractivity contribution in [2.24, 2.45) is 7.05 Å². The number of nitro benzene ring substituents is 1. The van der Waals surface area contributed by atoms with Crippen LogP contribution in [-0.4, -0.2) is 37.3 Å². The molecule has 0 saturated heterocycles. The van der Waals surface area contributed by atoms with Crippen LogP contribution in [0.15, 0.2) is 24.5 Å². The molecule has 110 valence electrons. The molecular formula is C12H13N5O4. The summed E-state index contributed by atoms with van der Waals surface area (Å²) >= 11 is 0. The molecule has 1 heterocycles. The van der Waals surface area contributed by atoms with Crippen LogP contribution in [0.3, 0.4) is 0 Å². The van der Waals surface area contributed by atoms with E-state index in [9.17, 15) is 14.9 Å². The Hall–Kier alpha value is -2.97. The van der Waals surface area contributed by atoms with Gasteiger partial charge in [0.2, 0.25) is 0 Å². The van der Waals surface area contributed by atoms with Crippen LogP contribution in [0.25, 0.3) is 0 Å². The van der Waals surface area contributed by atoms with Gasteiger partial charge in [-0.05, 0) is 12.1 Å². The molecule has 9 nitrogen and oxygen atoms in total. The summed E-state index contributed by atoms with van der Waals surface area (Å²) in [7, 11) is 1.82. The predicted molar refractivity (Wildman–Crippen MR) is 73.3 cm³/mol. The second kappa shape index (κ2) is 5.99. The molecule has 0 aliphatic heterocycles. The molecule has 2 aromatic rings. The number of carbonyl (C=O) groups is 1. The van der Waals surface area contributed by atoms with Gasteiger partial charge in [0, 0.05) is 31.8 Å². The van der Waals surface area contributed by atoms with E-state index in [1.54, 1.807) is 10.9 Å². The third-order valence-electron chi connectivity index (χ3n) is 2.91. The number of hydrogen-bond acceptors (Lipinski definition) is 6. The predicted octanol–water partition coefficient (Wildman–Crippen LogP) is 1.08. The molecule has 0 bridgehead atoms. The van der Waals surface area contributed by atoms with Crippen LogP contribution in [0.4, 0.5) is 11.4 Å². The number of nitro groups is 1. The molecule has 2 rings (SSSR count). The second-order valence-electron chi connectivity index (χ2n) is 4.33. The number of aryl methyl sites for hydroxylation is 1. The molecule has 0 radical (unpaired) electrons. The van der Waals surface area contributed by atoms with Crippen LogP contribution in [0.1, 0.15) is 16.2 Å². The Labute approximate surface area is 119 Å². The first kappa shape index (κ1) is 14.4. The van der Waals surface area contributed by atoms with Crippen LogP contribution in [0, 0.1) is 10.1 Å². The van der Waals surface area contributed by atoms with E-state index in [1.165, 1.54) is 18.2 Å². The molecule has 9 heteroatoms. The maximum absolute atomic E-state index is 11.0. The van der Waals surface area contributed by atoms with Gasteiger partial charge in [-0.3, -0.25) is 10.1 Å². The van der Waals surface area contributed by atoms with Crippen LogP contribution in [0.5, 0.6) is 0 Å². The van der Waals surface area contributed by atoms with E-state index in [2.05, 4.69) is 15.5 Å². The fourth-order valence-corrected chi connectivity index (χ4v) is 1.83. The Morgan fingerprint density at radius 3 is 2.86 bits per heavy atom. The highest BCUT2D eigenvalue weighted by molar-refractivity contribution is 5.93. The van der Waals surface area contributed by atoms with Gasteiger partial charge in [0.1, 0.15) is 17.7 Å². The first-order valence-corrected chi connectivity index (χ1v) is 6.07. The summed E-state index contributed by atoms with van der Waals surface area (Å²) in [5.74, 6) is -0.554. The number of nitrogens with one attached hydrogen (secondary N) is 1. The lowest BCUT2D eigenvalue weighted by Gasteiger charge is -2.07. The van der Waals surface area contributed by atoms with Crippen LogP contribution in [0.2, 0.25) is 0 Å². The number of carboxylic acid groups (broad SMARTS) is 1. The molecule has 0 aliphatic carbocycles. The maximum atomic E-state index is 11.0. The first-order valence-electron chi connectivity index (χ1n) is 6.07. The van der Waals surface area contributed by atoms with E-state index in [1.807, 2.05) is 7.05 Å². The number of anilines is 1. The zero-order valence-electron chi connectivity index (χ0n) is 11.2. The van der Waals surface area contributed by atoms with Crippen molar-refractivity contribution in [3.05, 3.63) is 46.0 Å². The number of aromatic nitrogens is 3. The average Bonchev–Trinajstić information content (AvgIpc) is 2.84. The van der Waals surface area contributed by atoms with E-state index in [4.69, 9.17) is 5.11 Å². The summed E-state index contributed by atoms with van der Waals surface area (Å²) in [4.78, 5) is 21.1. The summed E-state index contributed by atoms with van der Waals surface area (Å²) in [5.41, 5.74) is -0.273. The minimum atomic E-state index is -1.33. The Morgan fingerprint density at radius 2 is 2.29 bits per heavy atom. The van der Waals surface area contributed by atoms with Crippen molar-refractivity contribution >= 4 is 17.3 Å². The molecule has 0 amide bonds. The van der Waals surface area contributed by atoms with Gasteiger partial charge in [-0.25, -0.2) is 4.79 Å². The van der Waals surface area contributed by atoms with Crippen molar-refractivity contribution in [3.63, 3.8) is 0 Å². The van der Waals surface area contributed by atoms with Gasteiger partial charge < -0.3 is 15.0 Å². The molecule has 1 aromatic carbocycles. The molecule has 0 aliphatic rings. The summed E-state index contributed by atoms with van der Waals surface area (Å²) in [6, 6.07) is 3.90. The van der Waals surface area contributed by atoms with E-state index in [-0.39, 0.29) is 5.56 Å². The van der Waals surface area contributed by atoms with Crippen LogP contribution < -0.4 is 5.32 Å². The quantitative estimate of drug-likeness (QED) is 0.602. The lowest BCUT2D eigenvalue weighted by Crippen LogP contribution is -2.10. The number of rotatable bonds is 6. The zero-order chi connectivity index (χ0) is 15.4. The lowest BCUT2D eigenvalue weighted by atomic mass is 10.1. The number of aromatic carboxylic acids is 1. The third kappa shape index (κ3) is 3.32. The van der Waals surface area contributed by atoms with Gasteiger partial charge in [0.15, 0.2) is 0 Å². The molecule has 0 spiro atoms. The highest BCUT2D eigenvalue weighted by Crippen LogP contribution is 2.22. The van der Waals surface area contributed by atoms with Gasteiger partial charge in [-0.15, -0.1) is 10.2 Å². The summed E-state index contributed by atoms with van der Waals surface area (Å²) < 4.78 is 1.78. The van der Waals surface area contributed by atoms with Crippen molar-refractivity contribution in [1.82, 2.24) is 14.8 Å². The molecular weight excluding hydrogens is 278 g/mol. The molecule has 21 heavy (non-hydrogen) atoms. The Morgan fingerprint density at radius 1 is 1.52 bits per heavy atom. The largest absolute Gasteiger partial charge is 0.477 e. The van der Waals surface area contributed by atoms with E-state index in [0.717, 1.165) is 5.82 Å². The SMILES string of the molecule is Cn1cnnc1CCNc1ccc([N+](=O)[O-])c(C(=O)O)c1. The molecule has 0 unspecified atom stereocenters. The monoisotopic (exact) mass is 291 g/mol. The zero-order valence-corrected chi connectivity index (χ0v) is 11.2. The molecule has 1 aromatic heterocycles. The van der Waals surface area contributed by atoms with E-state index >= 15 is 0 Å². The number of hydrogen-bond donors (Lipinski definition) is 2. The van der Waals surface area contributed by atoms with Gasteiger partial charge in [-0.2, -0.15) is 0 Å². The fourth-order valence-electron chi connectivity index (χ4n) is 1.83. The van der Waals surface area contributed by atoms with Crippen molar-refractivity contribution in [3.8, 4) is 0 Å². The second-order valence-corrected chi connectivity index (χ2v) is 4.33. The third-order valence-corrected chi connectivity index (χ3v) is 2.91. The van der Waals surface area contributed by atoms with Crippen LogP contribution in [-0.2, 0) is 13.5 Å². The molecule has 0 fully saturated rings.